The van der Waals surface area contributed by atoms with Gasteiger partial charge in [0.15, 0.2) is 6.04 Å². The number of nitrogens with one attached hydrogen (secondary N) is 2. The van der Waals surface area contributed by atoms with Crippen LogP contribution in [0.3, 0.4) is 0 Å². The van der Waals surface area contributed by atoms with Crippen molar-refractivity contribution >= 4 is 22.7 Å². The largest absolute Gasteiger partial charge is 0.497 e. The van der Waals surface area contributed by atoms with Crippen molar-refractivity contribution in [2.24, 2.45) is 0 Å². The van der Waals surface area contributed by atoms with Crippen molar-refractivity contribution in [1.29, 1.82) is 0 Å². The Kier molecular flexibility index (Phi) is 6.89. The highest BCUT2D eigenvalue weighted by molar-refractivity contribution is 5.98. The van der Waals surface area contributed by atoms with Crippen molar-refractivity contribution in [3.63, 3.8) is 0 Å². The van der Waals surface area contributed by atoms with Gasteiger partial charge in [0.25, 0.3) is 5.91 Å². The van der Waals surface area contributed by atoms with E-state index in [1.165, 1.54) is 4.90 Å². The molecule has 0 aliphatic rings. The van der Waals surface area contributed by atoms with Crippen LogP contribution in [0.4, 0.5) is 0 Å². The lowest BCUT2D eigenvalue weighted by molar-refractivity contribution is -0.138. The van der Waals surface area contributed by atoms with Gasteiger partial charge in [-0.25, -0.2) is 0 Å². The van der Waals surface area contributed by atoms with Crippen LogP contribution in [-0.4, -0.2) is 34.3 Å². The Morgan fingerprint density at radius 2 is 1.81 bits per heavy atom. The number of carbonyl (C=O) groups is 2. The Bertz CT molecular complexity index is 1130. The maximum Gasteiger partial charge on any atom is 0.299 e. The Balaban J connectivity index is 2.08. The Morgan fingerprint density at radius 1 is 1.12 bits per heavy atom. The van der Waals surface area contributed by atoms with E-state index in [0.29, 0.717) is 5.69 Å². The summed E-state index contributed by atoms with van der Waals surface area (Å²) in [6.07, 6.45) is 0. The number of rotatable bonds is 6. The summed E-state index contributed by atoms with van der Waals surface area (Å²) in [5.74, 6) is 5.30. The number of methoxy groups -OCH3 is 1. The Morgan fingerprint density at radius 3 is 2.41 bits per heavy atom. The van der Waals surface area contributed by atoms with E-state index in [-0.39, 0.29) is 12.5 Å². The van der Waals surface area contributed by atoms with Crippen LogP contribution >= 0.6 is 0 Å². The molecule has 0 saturated carbocycles. The molecule has 0 radical (unpaired) electrons. The number of nitrogens with zero attached hydrogens (tertiary/aromatic N) is 1. The summed E-state index contributed by atoms with van der Waals surface area (Å²) >= 11 is 0. The molecule has 3 aromatic rings. The molecule has 0 fully saturated rings. The zero-order valence-corrected chi connectivity index (χ0v) is 19.2. The smallest absolute Gasteiger partial charge is 0.299 e. The number of hydrogen-bond acceptors (Lipinski definition) is 3. The number of para-hydroxylation sites is 1. The fourth-order valence-electron chi connectivity index (χ4n) is 3.52. The normalized spacial score (nSPS) is 11.9. The SMILES string of the molecule is CC#CC(=O)N(Cc1ccc(OC)cc1)C(C(=O)NC(C)(C)C)c1cc2ccccc2[nH]1. The highest BCUT2D eigenvalue weighted by Crippen LogP contribution is 2.28. The predicted molar refractivity (Wildman–Crippen MR) is 126 cm³/mol. The van der Waals surface area contributed by atoms with Gasteiger partial charge in [0, 0.05) is 23.3 Å². The number of aromatic nitrogens is 1. The summed E-state index contributed by atoms with van der Waals surface area (Å²) in [5.41, 5.74) is 1.93. The average Bonchev–Trinajstić information content (AvgIpc) is 3.16. The first-order chi connectivity index (χ1) is 15.2. The summed E-state index contributed by atoms with van der Waals surface area (Å²) in [6, 6.07) is 16.2. The standard InChI is InChI=1S/C26H29N3O3/c1-6-9-23(30)29(17-18-12-14-20(32-5)15-13-18)24(25(31)28-26(2,3)4)22-16-19-10-7-8-11-21(19)27-22/h7-8,10-16,24,27H,17H2,1-5H3,(H,28,31). The molecule has 1 atom stereocenters. The third-order valence-electron chi connectivity index (χ3n) is 4.91. The minimum atomic E-state index is -0.878. The maximum atomic E-state index is 13.5. The second-order valence-electron chi connectivity index (χ2n) is 8.61. The summed E-state index contributed by atoms with van der Waals surface area (Å²) < 4.78 is 5.23. The molecule has 0 aliphatic carbocycles. The van der Waals surface area contributed by atoms with Crippen LogP contribution in [0.1, 0.15) is 45.0 Å². The van der Waals surface area contributed by atoms with Crippen molar-refractivity contribution in [3.05, 3.63) is 65.9 Å². The zero-order chi connectivity index (χ0) is 23.3. The van der Waals surface area contributed by atoms with E-state index >= 15 is 0 Å². The molecule has 6 heteroatoms. The van der Waals surface area contributed by atoms with Gasteiger partial charge in [-0.15, -0.1) is 0 Å². The predicted octanol–water partition coefficient (Wildman–Crippen LogP) is 4.18. The second kappa shape index (κ2) is 9.61. The fraction of sp³-hybridized carbons (Fsp3) is 0.308. The van der Waals surface area contributed by atoms with Crippen molar-refractivity contribution in [2.75, 3.05) is 7.11 Å². The van der Waals surface area contributed by atoms with Gasteiger partial charge in [-0.3, -0.25) is 9.59 Å². The lowest BCUT2D eigenvalue weighted by Crippen LogP contribution is -2.49. The molecule has 1 unspecified atom stereocenters. The maximum absolute atomic E-state index is 13.5. The van der Waals surface area contributed by atoms with Crippen LogP contribution in [0.15, 0.2) is 54.6 Å². The van der Waals surface area contributed by atoms with Crippen LogP contribution < -0.4 is 10.1 Å². The third kappa shape index (κ3) is 5.50. The molecule has 6 nitrogen and oxygen atoms in total. The van der Waals surface area contributed by atoms with Crippen molar-refractivity contribution < 1.29 is 14.3 Å². The number of fused-ring (bicyclic) bond motifs is 1. The summed E-state index contributed by atoms with van der Waals surface area (Å²) in [7, 11) is 1.60. The monoisotopic (exact) mass is 431 g/mol. The second-order valence-corrected chi connectivity index (χ2v) is 8.61. The number of ether oxygens (including phenoxy) is 1. The summed E-state index contributed by atoms with van der Waals surface area (Å²) in [4.78, 5) is 31.4. The number of aromatic amines is 1. The summed E-state index contributed by atoms with van der Waals surface area (Å²) in [6.45, 7) is 7.56. The van der Waals surface area contributed by atoms with Crippen molar-refractivity contribution in [1.82, 2.24) is 15.2 Å². The molecule has 1 aromatic heterocycles. The minimum Gasteiger partial charge on any atom is -0.497 e. The quantitative estimate of drug-likeness (QED) is 0.575. The molecular formula is C26H29N3O3. The lowest BCUT2D eigenvalue weighted by Gasteiger charge is -2.32. The molecule has 1 heterocycles. The number of hydrogen-bond donors (Lipinski definition) is 2. The topological polar surface area (TPSA) is 74.4 Å². The van der Waals surface area contributed by atoms with Crippen LogP contribution in [-0.2, 0) is 16.1 Å². The highest BCUT2D eigenvalue weighted by atomic mass is 16.5. The molecule has 0 aliphatic heterocycles. The molecule has 0 bridgehead atoms. The summed E-state index contributed by atoms with van der Waals surface area (Å²) in [5, 5.41) is 3.99. The van der Waals surface area contributed by atoms with Crippen LogP contribution in [0.25, 0.3) is 10.9 Å². The van der Waals surface area contributed by atoms with E-state index in [2.05, 4.69) is 22.1 Å². The zero-order valence-electron chi connectivity index (χ0n) is 19.2. The molecule has 0 saturated heterocycles. The molecule has 32 heavy (non-hydrogen) atoms. The number of H-pyrrole nitrogens is 1. The number of amides is 2. The van der Waals surface area contributed by atoms with E-state index in [0.717, 1.165) is 22.2 Å². The van der Waals surface area contributed by atoms with Gasteiger partial charge in [0.1, 0.15) is 5.75 Å². The Hall–Kier alpha value is -3.72. The fourth-order valence-corrected chi connectivity index (χ4v) is 3.52. The third-order valence-corrected chi connectivity index (χ3v) is 4.91. The van der Waals surface area contributed by atoms with Gasteiger partial charge in [-0.2, -0.15) is 0 Å². The lowest BCUT2D eigenvalue weighted by atomic mass is 10.0. The van der Waals surface area contributed by atoms with Gasteiger partial charge < -0.3 is 19.9 Å². The average molecular weight is 432 g/mol. The molecule has 0 spiro atoms. The van der Waals surface area contributed by atoms with E-state index in [9.17, 15) is 9.59 Å². The van der Waals surface area contributed by atoms with Crippen LogP contribution in [0, 0.1) is 11.8 Å². The van der Waals surface area contributed by atoms with Crippen LogP contribution in [0.5, 0.6) is 5.75 Å². The number of benzene rings is 2. The molecule has 2 aromatic carbocycles. The van der Waals surface area contributed by atoms with E-state index < -0.39 is 17.5 Å². The van der Waals surface area contributed by atoms with Gasteiger partial charge in [-0.1, -0.05) is 36.3 Å². The van der Waals surface area contributed by atoms with Crippen LogP contribution in [0.2, 0.25) is 0 Å². The van der Waals surface area contributed by atoms with Gasteiger partial charge in [0.05, 0.1) is 7.11 Å². The van der Waals surface area contributed by atoms with Crippen molar-refractivity contribution in [2.45, 2.75) is 45.8 Å². The molecule has 3 rings (SSSR count). The van der Waals surface area contributed by atoms with E-state index in [1.54, 1.807) is 14.0 Å². The van der Waals surface area contributed by atoms with E-state index in [1.807, 2.05) is 75.4 Å². The molecule has 2 amide bonds. The molecule has 166 valence electrons. The molecule has 2 N–H and O–H groups in total. The first kappa shape index (κ1) is 23.0. The molecular weight excluding hydrogens is 402 g/mol. The minimum absolute atomic E-state index is 0.217. The highest BCUT2D eigenvalue weighted by Gasteiger charge is 2.34. The Labute approximate surface area is 189 Å². The van der Waals surface area contributed by atoms with E-state index in [4.69, 9.17) is 4.74 Å². The van der Waals surface area contributed by atoms with Gasteiger partial charge in [-0.05, 0) is 68.8 Å². The van der Waals surface area contributed by atoms with Gasteiger partial charge in [0.2, 0.25) is 5.91 Å². The first-order valence-corrected chi connectivity index (χ1v) is 10.5. The van der Waals surface area contributed by atoms with Crippen molar-refractivity contribution in [3.8, 4) is 17.6 Å². The first-order valence-electron chi connectivity index (χ1n) is 10.5. The van der Waals surface area contributed by atoms with Gasteiger partial charge >= 0.3 is 0 Å². The number of carbonyl (C=O) groups excluding carboxylic acids is 2.